The van der Waals surface area contributed by atoms with E-state index in [-0.39, 0.29) is 83.1 Å². The third kappa shape index (κ3) is 2460. The smallest absolute Gasteiger partial charge is 0.0402 e. The Kier molecular flexibility index (Phi) is 362. The molecule has 0 aromatic rings. The molecule has 0 fully saturated rings. The van der Waals surface area contributed by atoms with E-state index >= 15 is 0 Å². The van der Waals surface area contributed by atoms with E-state index in [0.29, 0.717) is 0 Å². The molecule has 0 atom stereocenters. The zero-order valence-corrected chi connectivity index (χ0v) is 20.0. The number of hydrogen-bond acceptors (Lipinski definition) is 7. The van der Waals surface area contributed by atoms with Gasteiger partial charge in [0.05, 0.1) is 0 Å². The molecular formula is C15H45NO6Ti2. The number of rotatable bonds is 1. The van der Waals surface area contributed by atoms with Gasteiger partial charge in [-0.15, -0.1) is 0 Å². The van der Waals surface area contributed by atoms with Crippen LogP contribution < -0.4 is 5.73 Å². The van der Waals surface area contributed by atoms with Gasteiger partial charge in [-0.25, -0.2) is 0 Å². The van der Waals surface area contributed by atoms with Crippen LogP contribution >= 0.6 is 0 Å². The van der Waals surface area contributed by atoms with Crippen molar-refractivity contribution in [1.82, 2.24) is 0 Å². The van der Waals surface area contributed by atoms with Crippen LogP contribution in [-0.4, -0.2) is 76.8 Å². The third-order valence-electron chi connectivity index (χ3n) is 0.289. The van der Waals surface area contributed by atoms with E-state index in [1.807, 2.05) is 0 Å². The Balaban J connectivity index is -0.0000000155. The van der Waals surface area contributed by atoms with E-state index in [0.717, 1.165) is 13.0 Å². The van der Waals surface area contributed by atoms with Crippen molar-refractivity contribution in [2.24, 2.45) is 5.73 Å². The van der Waals surface area contributed by atoms with Crippen LogP contribution in [0, 0.1) is 0 Å². The molecule has 8 N–H and O–H groups in total. The minimum Gasteiger partial charge on any atom is -0.397 e. The van der Waals surface area contributed by atoms with Crippen LogP contribution in [-0.2, 0) is 43.4 Å². The molecule has 0 aliphatic heterocycles. The van der Waals surface area contributed by atoms with Gasteiger partial charge in [-0.05, 0) is 54.5 Å². The molecule has 0 unspecified atom stereocenters. The molecule has 0 aliphatic rings. The first-order valence-corrected chi connectivity index (χ1v) is 7.76. The number of aliphatic hydroxyl groups excluding tert-OH is 6. The van der Waals surface area contributed by atoms with Crippen LogP contribution in [0.4, 0.5) is 0 Å². The molecule has 154 valence electrons. The van der Waals surface area contributed by atoms with Crippen LogP contribution in [0.1, 0.15) is 54.9 Å². The Hall–Kier alpha value is 1.15. The van der Waals surface area contributed by atoms with Crippen molar-refractivity contribution in [1.29, 1.82) is 0 Å². The molecule has 0 spiro atoms. The zero-order valence-electron chi connectivity index (χ0n) is 16.9. The van der Waals surface area contributed by atoms with Gasteiger partial charge in [0.1, 0.15) is 0 Å². The molecule has 0 bridgehead atoms. The Labute approximate surface area is 180 Å². The Bertz CT molecular complexity index is 64.4. The minimum atomic E-state index is 0. The fraction of sp³-hybridized carbons (Fsp3) is 1.00. The van der Waals surface area contributed by atoms with E-state index in [1.165, 1.54) is 0 Å². The summed E-state index contributed by atoms with van der Waals surface area (Å²) >= 11 is 0. The van der Waals surface area contributed by atoms with E-state index in [2.05, 4.69) is 6.92 Å². The molecule has 0 radical (unpaired) electrons. The normalized spacial score (nSPS) is 5.75. The quantitative estimate of drug-likeness (QED) is 0.296. The van der Waals surface area contributed by atoms with Crippen LogP contribution in [0.2, 0.25) is 0 Å². The first-order valence-electron chi connectivity index (χ1n) is 7.76. The van der Waals surface area contributed by atoms with Gasteiger partial charge >= 0.3 is 0 Å². The average molecular weight is 431 g/mol. The second kappa shape index (κ2) is 155. The number of hydrogen-bond donors (Lipinski definition) is 7. The largest absolute Gasteiger partial charge is 0.397 e. The summed E-state index contributed by atoms with van der Waals surface area (Å²) in [5, 5.41) is 45.4. The van der Waals surface area contributed by atoms with Crippen molar-refractivity contribution in [3.63, 3.8) is 0 Å². The summed E-state index contributed by atoms with van der Waals surface area (Å²) in [4.78, 5) is 0. The third-order valence-corrected chi connectivity index (χ3v) is 0.289. The number of aliphatic hydroxyl groups is 6. The SMILES string of the molecule is CCCN.CCO.CCO.CCO.CCO.CCO.CCO.[Ti].[Ti]. The maximum atomic E-state index is 7.57. The second-order valence-corrected chi connectivity index (χ2v) is 2.69. The Morgan fingerprint density at radius 1 is 0.458 bits per heavy atom. The fourth-order valence-electron chi connectivity index (χ4n) is 0. The first-order chi connectivity index (χ1) is 10.4. The monoisotopic (exact) mass is 431 g/mol. The second-order valence-electron chi connectivity index (χ2n) is 2.69. The van der Waals surface area contributed by atoms with Crippen LogP contribution in [0.25, 0.3) is 0 Å². The Morgan fingerprint density at radius 2 is 0.500 bits per heavy atom. The van der Waals surface area contributed by atoms with Gasteiger partial charge in [0.25, 0.3) is 0 Å². The molecule has 0 amide bonds. The molecule has 0 saturated heterocycles. The molecule has 7 nitrogen and oxygen atoms in total. The zero-order chi connectivity index (χ0) is 19.7. The molecule has 0 heterocycles. The van der Waals surface area contributed by atoms with Gasteiger partial charge in [-0.3, -0.25) is 0 Å². The van der Waals surface area contributed by atoms with E-state index < -0.39 is 0 Å². The van der Waals surface area contributed by atoms with Crippen LogP contribution in [0.15, 0.2) is 0 Å². The summed E-state index contributed by atoms with van der Waals surface area (Å²) in [6.07, 6.45) is 1.10. The van der Waals surface area contributed by atoms with Gasteiger partial charge in [0, 0.05) is 83.1 Å². The molecule has 0 aromatic carbocycles. The van der Waals surface area contributed by atoms with Crippen molar-refractivity contribution in [2.75, 3.05) is 46.2 Å². The predicted molar refractivity (Wildman–Crippen MR) is 95.9 cm³/mol. The summed E-state index contributed by atoms with van der Waals surface area (Å²) < 4.78 is 0. The summed E-state index contributed by atoms with van der Waals surface area (Å²) in [5.74, 6) is 0. The van der Waals surface area contributed by atoms with Crippen molar-refractivity contribution in [2.45, 2.75) is 54.9 Å². The number of nitrogens with two attached hydrogens (primary N) is 1. The van der Waals surface area contributed by atoms with Gasteiger partial charge in [-0.1, -0.05) is 6.92 Å². The maximum Gasteiger partial charge on any atom is 0.0402 e. The topological polar surface area (TPSA) is 147 Å². The van der Waals surface area contributed by atoms with Gasteiger partial charge < -0.3 is 36.4 Å². The van der Waals surface area contributed by atoms with Crippen molar-refractivity contribution >= 4 is 0 Å². The predicted octanol–water partition coefficient (Wildman–Crippen LogP) is 0.342. The summed E-state index contributed by atoms with van der Waals surface area (Å²) in [6, 6.07) is 0. The molecular weight excluding hydrogens is 386 g/mol. The molecule has 24 heavy (non-hydrogen) atoms. The van der Waals surface area contributed by atoms with E-state index in [4.69, 9.17) is 36.4 Å². The fourth-order valence-corrected chi connectivity index (χ4v) is 0. The van der Waals surface area contributed by atoms with Gasteiger partial charge in [-0.2, -0.15) is 0 Å². The molecule has 0 rings (SSSR count). The van der Waals surface area contributed by atoms with Gasteiger partial charge in [0.15, 0.2) is 0 Å². The average Bonchev–Trinajstić information content (AvgIpc) is 2.44. The van der Waals surface area contributed by atoms with Crippen LogP contribution in [0.5, 0.6) is 0 Å². The Morgan fingerprint density at radius 3 is 0.500 bits per heavy atom. The summed E-state index contributed by atoms with van der Waals surface area (Å²) in [5.41, 5.74) is 5.03. The summed E-state index contributed by atoms with van der Waals surface area (Å²) in [6.45, 7) is 14.5. The van der Waals surface area contributed by atoms with Crippen molar-refractivity contribution < 1.29 is 74.1 Å². The van der Waals surface area contributed by atoms with Crippen molar-refractivity contribution in [3.8, 4) is 0 Å². The van der Waals surface area contributed by atoms with Crippen LogP contribution in [0.3, 0.4) is 0 Å². The molecule has 9 heteroatoms. The molecule has 0 saturated carbocycles. The molecule has 0 aromatic heterocycles. The van der Waals surface area contributed by atoms with E-state index in [1.54, 1.807) is 41.5 Å². The first kappa shape index (κ1) is 56.2. The van der Waals surface area contributed by atoms with Gasteiger partial charge in [0.2, 0.25) is 0 Å². The molecule has 0 aliphatic carbocycles. The van der Waals surface area contributed by atoms with Crippen molar-refractivity contribution in [3.05, 3.63) is 0 Å². The maximum absolute atomic E-state index is 7.57. The standard InChI is InChI=1S/C3H9N.6C2H6O.2Ti/c1-2-3-4;6*1-2-3;;/h2-4H2,1H3;6*3H,2H2,1H3;;. The summed E-state index contributed by atoms with van der Waals surface area (Å²) in [7, 11) is 0. The van der Waals surface area contributed by atoms with E-state index in [9.17, 15) is 0 Å². The minimum absolute atomic E-state index is 0.